The second kappa shape index (κ2) is 6.76. The van der Waals surface area contributed by atoms with Gasteiger partial charge in [0.1, 0.15) is 0 Å². The summed E-state index contributed by atoms with van der Waals surface area (Å²) in [7, 11) is -3.61. The van der Waals surface area contributed by atoms with Crippen LogP contribution in [0.3, 0.4) is 0 Å². The second-order valence-electron chi connectivity index (χ2n) is 5.45. The number of hydrogen-bond acceptors (Lipinski definition) is 5. The fraction of sp³-hybridized carbons (Fsp3) is 0.533. The van der Waals surface area contributed by atoms with Gasteiger partial charge in [0.25, 0.3) is 0 Å². The lowest BCUT2D eigenvalue weighted by molar-refractivity contribution is 0.0526. The monoisotopic (exact) mass is 326 g/mol. The number of aryl methyl sites for hydroxylation is 1. The van der Waals surface area contributed by atoms with Crippen LogP contribution >= 0.6 is 0 Å². The number of hydrogen-bond donors (Lipinski definition) is 1. The molecule has 1 aromatic rings. The third-order valence-corrected chi connectivity index (χ3v) is 5.91. The highest BCUT2D eigenvalue weighted by molar-refractivity contribution is 7.89. The van der Waals surface area contributed by atoms with Crippen LogP contribution in [0.15, 0.2) is 23.1 Å². The Balaban J connectivity index is 2.34. The van der Waals surface area contributed by atoms with E-state index >= 15 is 0 Å². The predicted octanol–water partition coefficient (Wildman–Crippen LogP) is 1.14. The van der Waals surface area contributed by atoms with Crippen molar-refractivity contribution in [3.63, 3.8) is 0 Å². The van der Waals surface area contributed by atoms with Crippen molar-refractivity contribution in [2.75, 3.05) is 26.2 Å². The van der Waals surface area contributed by atoms with Crippen LogP contribution in [-0.4, -0.2) is 44.9 Å². The minimum Gasteiger partial charge on any atom is -0.462 e. The summed E-state index contributed by atoms with van der Waals surface area (Å²) < 4.78 is 31.9. The first-order valence-corrected chi connectivity index (χ1v) is 8.82. The molecule has 1 atom stereocenters. The zero-order chi connectivity index (χ0) is 16.3. The zero-order valence-corrected chi connectivity index (χ0v) is 13.7. The fourth-order valence-corrected chi connectivity index (χ4v) is 4.35. The molecule has 0 radical (unpaired) electrons. The molecule has 1 aromatic carbocycles. The van der Waals surface area contributed by atoms with Crippen LogP contribution in [-0.2, 0) is 14.8 Å². The maximum atomic E-state index is 12.8. The molecule has 122 valence electrons. The molecule has 1 heterocycles. The van der Waals surface area contributed by atoms with Crippen LogP contribution in [0.25, 0.3) is 0 Å². The number of esters is 1. The first-order valence-electron chi connectivity index (χ1n) is 7.38. The van der Waals surface area contributed by atoms with Crippen molar-refractivity contribution >= 4 is 16.0 Å². The number of benzene rings is 1. The van der Waals surface area contributed by atoms with Gasteiger partial charge in [0.2, 0.25) is 10.0 Å². The normalized spacial score (nSPS) is 19.3. The summed E-state index contributed by atoms with van der Waals surface area (Å²) in [5, 5.41) is 0. The number of nitrogens with zero attached hydrogens (tertiary/aromatic N) is 1. The molecule has 1 saturated heterocycles. The Bertz CT molecular complexity index is 658. The van der Waals surface area contributed by atoms with E-state index in [-0.39, 0.29) is 23.0 Å². The number of carbonyl (C=O) groups excluding carboxylic acids is 1. The van der Waals surface area contributed by atoms with Gasteiger partial charge in [-0.2, -0.15) is 4.31 Å². The molecule has 1 aliphatic heterocycles. The maximum Gasteiger partial charge on any atom is 0.338 e. The van der Waals surface area contributed by atoms with E-state index in [9.17, 15) is 13.2 Å². The molecule has 0 spiro atoms. The van der Waals surface area contributed by atoms with E-state index in [4.69, 9.17) is 10.5 Å². The molecule has 2 rings (SSSR count). The summed E-state index contributed by atoms with van der Waals surface area (Å²) in [4.78, 5) is 12.0. The smallest absolute Gasteiger partial charge is 0.338 e. The van der Waals surface area contributed by atoms with Crippen LogP contribution < -0.4 is 5.73 Å². The number of ether oxygens (including phenoxy) is 1. The Morgan fingerprint density at radius 3 is 2.77 bits per heavy atom. The third kappa shape index (κ3) is 3.31. The molecule has 0 aliphatic carbocycles. The van der Waals surface area contributed by atoms with E-state index < -0.39 is 16.0 Å². The van der Waals surface area contributed by atoms with Crippen molar-refractivity contribution in [3.05, 3.63) is 29.3 Å². The molecule has 0 saturated carbocycles. The molecule has 1 aliphatic rings. The highest BCUT2D eigenvalue weighted by Gasteiger charge is 2.33. The van der Waals surface area contributed by atoms with Crippen molar-refractivity contribution in [3.8, 4) is 0 Å². The van der Waals surface area contributed by atoms with E-state index in [0.717, 1.165) is 6.42 Å². The number of nitrogens with two attached hydrogens (primary N) is 1. The van der Waals surface area contributed by atoms with Gasteiger partial charge in [-0.15, -0.1) is 0 Å². The first-order chi connectivity index (χ1) is 10.4. The molecular formula is C15H22N2O4S. The quantitative estimate of drug-likeness (QED) is 0.820. The van der Waals surface area contributed by atoms with Gasteiger partial charge < -0.3 is 10.5 Å². The Morgan fingerprint density at radius 1 is 1.45 bits per heavy atom. The van der Waals surface area contributed by atoms with Gasteiger partial charge >= 0.3 is 5.97 Å². The van der Waals surface area contributed by atoms with Crippen molar-refractivity contribution in [2.45, 2.75) is 25.2 Å². The summed E-state index contributed by atoms with van der Waals surface area (Å²) in [6, 6.07) is 4.62. The molecule has 1 fully saturated rings. The minimum absolute atomic E-state index is 0.163. The summed E-state index contributed by atoms with van der Waals surface area (Å²) in [5.41, 5.74) is 6.49. The SMILES string of the molecule is CCOC(=O)c1ccc(C)c(S(=O)(=O)N2CCC(CN)C2)c1. The van der Waals surface area contributed by atoms with Crippen LogP contribution in [0.4, 0.5) is 0 Å². The average Bonchev–Trinajstić information content (AvgIpc) is 2.97. The summed E-state index contributed by atoms with van der Waals surface area (Å²) in [6.45, 7) is 5.06. The molecule has 0 bridgehead atoms. The van der Waals surface area contributed by atoms with E-state index in [1.807, 2.05) is 0 Å². The minimum atomic E-state index is -3.61. The standard InChI is InChI=1S/C15H22N2O4S/c1-3-21-15(18)13-5-4-11(2)14(8-13)22(19,20)17-7-6-12(9-16)10-17/h4-5,8,12H,3,6-7,9-10,16H2,1-2H3. The van der Waals surface area contributed by atoms with Crippen LogP contribution in [0.2, 0.25) is 0 Å². The first kappa shape index (κ1) is 16.9. The number of sulfonamides is 1. The van der Waals surface area contributed by atoms with Gasteiger partial charge in [0.05, 0.1) is 17.1 Å². The van der Waals surface area contributed by atoms with E-state index in [2.05, 4.69) is 0 Å². The van der Waals surface area contributed by atoms with Gasteiger partial charge in [-0.25, -0.2) is 13.2 Å². The van der Waals surface area contributed by atoms with Crippen molar-refractivity contribution < 1.29 is 17.9 Å². The fourth-order valence-electron chi connectivity index (χ4n) is 2.57. The van der Waals surface area contributed by atoms with Gasteiger partial charge in [0.15, 0.2) is 0 Å². The van der Waals surface area contributed by atoms with Crippen molar-refractivity contribution in [1.29, 1.82) is 0 Å². The average molecular weight is 326 g/mol. The number of rotatable bonds is 5. The lowest BCUT2D eigenvalue weighted by Crippen LogP contribution is -2.30. The molecule has 7 heteroatoms. The van der Waals surface area contributed by atoms with Crippen LogP contribution in [0, 0.1) is 12.8 Å². The zero-order valence-electron chi connectivity index (χ0n) is 12.9. The molecular weight excluding hydrogens is 304 g/mol. The summed E-state index contributed by atoms with van der Waals surface area (Å²) in [6.07, 6.45) is 0.770. The van der Waals surface area contributed by atoms with Crippen LogP contribution in [0.1, 0.15) is 29.3 Å². The van der Waals surface area contributed by atoms with Gasteiger partial charge in [-0.3, -0.25) is 0 Å². The Kier molecular flexibility index (Phi) is 5.20. The lowest BCUT2D eigenvalue weighted by atomic mass is 10.1. The largest absolute Gasteiger partial charge is 0.462 e. The molecule has 2 N–H and O–H groups in total. The Morgan fingerprint density at radius 2 is 2.18 bits per heavy atom. The predicted molar refractivity (Wildman–Crippen MR) is 83.1 cm³/mol. The topological polar surface area (TPSA) is 89.7 Å². The highest BCUT2D eigenvalue weighted by Crippen LogP contribution is 2.26. The van der Waals surface area contributed by atoms with Gasteiger partial charge in [-0.1, -0.05) is 6.07 Å². The third-order valence-electron chi connectivity index (χ3n) is 3.90. The highest BCUT2D eigenvalue weighted by atomic mass is 32.2. The Hall–Kier alpha value is -1.44. The summed E-state index contributed by atoms with van der Waals surface area (Å²) in [5.74, 6) is -0.316. The molecule has 22 heavy (non-hydrogen) atoms. The molecule has 6 nitrogen and oxygen atoms in total. The lowest BCUT2D eigenvalue weighted by Gasteiger charge is -2.18. The van der Waals surface area contributed by atoms with E-state index in [0.29, 0.717) is 25.2 Å². The summed E-state index contributed by atoms with van der Waals surface area (Å²) >= 11 is 0. The molecule has 0 amide bonds. The van der Waals surface area contributed by atoms with E-state index in [1.165, 1.54) is 10.4 Å². The second-order valence-corrected chi connectivity index (χ2v) is 7.36. The maximum absolute atomic E-state index is 12.8. The van der Waals surface area contributed by atoms with Crippen LogP contribution in [0.5, 0.6) is 0 Å². The Labute approximate surface area is 131 Å². The van der Waals surface area contributed by atoms with Crippen molar-refractivity contribution in [2.24, 2.45) is 11.7 Å². The van der Waals surface area contributed by atoms with Crippen molar-refractivity contribution in [1.82, 2.24) is 4.31 Å². The van der Waals surface area contributed by atoms with Gasteiger partial charge in [-0.05, 0) is 50.4 Å². The van der Waals surface area contributed by atoms with E-state index in [1.54, 1.807) is 26.0 Å². The number of carbonyl (C=O) groups is 1. The molecule has 1 unspecified atom stereocenters. The molecule has 0 aromatic heterocycles. The van der Waals surface area contributed by atoms with Gasteiger partial charge in [0, 0.05) is 13.1 Å².